The molecule has 4 rings (SSSR count). The van der Waals surface area contributed by atoms with Gasteiger partial charge >= 0.3 is 11.9 Å². The predicted molar refractivity (Wildman–Crippen MR) is 79.0 cm³/mol. The molecule has 0 bridgehead atoms. The third kappa shape index (κ3) is 3.91. The number of alkyl halides is 3. The molecule has 0 amide bonds. The Morgan fingerprint density at radius 1 is 0.957 bits per heavy atom. The summed E-state index contributed by atoms with van der Waals surface area (Å²) in [5.74, 6) is -1.10. The summed E-state index contributed by atoms with van der Waals surface area (Å²) in [4.78, 5) is 11.5. The molecule has 0 saturated heterocycles. The van der Waals surface area contributed by atoms with Gasteiger partial charge < -0.3 is 4.42 Å². The van der Waals surface area contributed by atoms with Crippen LogP contribution in [0.4, 0.5) is 13.2 Å². The van der Waals surface area contributed by atoms with Crippen LogP contribution < -0.4 is 5.76 Å². The van der Waals surface area contributed by atoms with Crippen LogP contribution in [-0.4, -0.2) is 4.98 Å². The number of rotatable bonds is 2. The number of hydrogen-bond acceptors (Lipinski definition) is 2. The quantitative estimate of drug-likeness (QED) is 0.600. The minimum Gasteiger partial charge on any atom is -0.416 e. The van der Waals surface area contributed by atoms with E-state index in [0.29, 0.717) is 6.26 Å². The van der Waals surface area contributed by atoms with Crippen LogP contribution in [0.3, 0.4) is 0 Å². The van der Waals surface area contributed by atoms with Gasteiger partial charge in [-0.15, -0.1) is 0 Å². The smallest absolute Gasteiger partial charge is 0.416 e. The summed E-state index contributed by atoms with van der Waals surface area (Å²) in [5.41, 5.74) is 4.54. The van der Waals surface area contributed by atoms with Gasteiger partial charge in [0.25, 0.3) is 0 Å². The summed E-state index contributed by atoms with van der Waals surface area (Å²) in [6.07, 6.45) is -3.13. The van der Waals surface area contributed by atoms with Gasteiger partial charge in [0.1, 0.15) is 6.26 Å². The molecule has 2 aliphatic carbocycles. The maximum absolute atomic E-state index is 11.6. The van der Waals surface area contributed by atoms with Crippen molar-refractivity contribution in [3.8, 4) is 11.1 Å². The minimum atomic E-state index is -4.54. The molecule has 1 aromatic carbocycles. The van der Waals surface area contributed by atoms with Crippen molar-refractivity contribution < 1.29 is 17.6 Å². The van der Waals surface area contributed by atoms with Crippen molar-refractivity contribution in [3.63, 3.8) is 0 Å². The number of benzene rings is 2. The molecule has 1 heterocycles. The Morgan fingerprint density at radius 2 is 1.61 bits per heavy atom. The highest BCUT2D eigenvalue weighted by atomic mass is 19.4. The largest absolute Gasteiger partial charge is 0.434 e. The molecule has 0 unspecified atom stereocenters. The van der Waals surface area contributed by atoms with E-state index in [4.69, 9.17) is 0 Å². The lowest BCUT2D eigenvalue weighted by atomic mass is 10.1. The van der Waals surface area contributed by atoms with Crippen molar-refractivity contribution in [1.82, 2.24) is 4.98 Å². The number of hydrogen-bond donors (Lipinski definition) is 1. The van der Waals surface area contributed by atoms with Crippen LogP contribution >= 0.6 is 0 Å². The fourth-order valence-electron chi connectivity index (χ4n) is 2.18. The van der Waals surface area contributed by atoms with Crippen molar-refractivity contribution in [2.24, 2.45) is 0 Å². The number of aromatic nitrogens is 1. The van der Waals surface area contributed by atoms with Crippen molar-refractivity contribution in [3.05, 3.63) is 82.2 Å². The second kappa shape index (κ2) is 5.79. The molecule has 0 radical (unpaired) electrons. The number of aromatic amines is 1. The van der Waals surface area contributed by atoms with Crippen molar-refractivity contribution >= 4 is 0 Å². The summed E-state index contributed by atoms with van der Waals surface area (Å²) in [7, 11) is 0. The van der Waals surface area contributed by atoms with Gasteiger partial charge in [-0.3, -0.25) is 4.98 Å². The predicted octanol–water partition coefficient (Wildman–Crippen LogP) is 4.24. The number of fused-ring (bicyclic) bond motifs is 1. The first-order valence-electron chi connectivity index (χ1n) is 6.85. The lowest BCUT2D eigenvalue weighted by Crippen LogP contribution is -2.08. The Morgan fingerprint density at radius 3 is 2.09 bits per heavy atom. The average molecular weight is 319 g/mol. The summed E-state index contributed by atoms with van der Waals surface area (Å²) in [5, 5.41) is 0. The summed E-state index contributed by atoms with van der Waals surface area (Å²) >= 11 is 0. The summed E-state index contributed by atoms with van der Waals surface area (Å²) < 4.78 is 38.6. The molecule has 2 aromatic rings. The van der Waals surface area contributed by atoms with Crippen LogP contribution in [0.15, 0.2) is 64.0 Å². The molecule has 23 heavy (non-hydrogen) atoms. The van der Waals surface area contributed by atoms with Gasteiger partial charge in [-0.2, -0.15) is 13.2 Å². The first-order chi connectivity index (χ1) is 10.9. The number of H-pyrrole nitrogens is 1. The zero-order valence-corrected chi connectivity index (χ0v) is 11.9. The van der Waals surface area contributed by atoms with E-state index < -0.39 is 17.6 Å². The Bertz CT molecular complexity index is 843. The van der Waals surface area contributed by atoms with E-state index in [1.165, 1.54) is 27.2 Å². The molecule has 3 nitrogen and oxygen atoms in total. The minimum absolute atomic E-state index is 0.336. The molecular weight excluding hydrogens is 307 g/mol. The molecule has 0 spiro atoms. The van der Waals surface area contributed by atoms with Crippen molar-refractivity contribution in [2.45, 2.75) is 12.6 Å². The lowest BCUT2D eigenvalue weighted by molar-refractivity contribution is -0.141. The van der Waals surface area contributed by atoms with Gasteiger partial charge in [0.05, 0.1) is 0 Å². The second-order valence-electron chi connectivity index (χ2n) is 5.14. The van der Waals surface area contributed by atoms with Gasteiger partial charge in [-0.05, 0) is 34.7 Å². The van der Waals surface area contributed by atoms with Crippen LogP contribution in [0.5, 0.6) is 0 Å². The van der Waals surface area contributed by atoms with Gasteiger partial charge in [0, 0.05) is 0 Å². The zero-order chi connectivity index (χ0) is 16.4. The molecule has 0 saturated carbocycles. The molecular formula is C17H12F3NO2. The SMILES string of the molecule is O=c1[nH]c(C(F)(F)F)co1.c1ccc(Cc2cc3cc-3c2)cc1. The van der Waals surface area contributed by atoms with Gasteiger partial charge in [0.15, 0.2) is 5.69 Å². The summed E-state index contributed by atoms with van der Waals surface area (Å²) in [6, 6.07) is 17.4. The van der Waals surface area contributed by atoms with Crippen LogP contribution in [-0.2, 0) is 12.6 Å². The summed E-state index contributed by atoms with van der Waals surface area (Å²) in [6.45, 7) is 0. The standard InChI is InChI=1S/C13H10.C4H2F3NO2/c1-2-4-10(5-3-1)6-11-7-12-9-13(12)8-11;5-4(6,7)2-1-10-3(9)8-2/h1-5,7-9H,6H2;1H,(H,8,9). The van der Waals surface area contributed by atoms with Crippen LogP contribution in [0, 0.1) is 0 Å². The Balaban J connectivity index is 0.000000142. The van der Waals surface area contributed by atoms with Gasteiger partial charge in [-0.1, -0.05) is 42.5 Å². The van der Waals surface area contributed by atoms with Gasteiger partial charge in [0.2, 0.25) is 0 Å². The Labute approximate surface area is 129 Å². The fraction of sp³-hybridized carbons (Fsp3) is 0.118. The van der Waals surface area contributed by atoms with E-state index in [0.717, 1.165) is 6.42 Å². The zero-order valence-electron chi connectivity index (χ0n) is 11.9. The molecule has 0 fully saturated rings. The van der Waals surface area contributed by atoms with E-state index in [-0.39, 0.29) is 0 Å². The van der Waals surface area contributed by atoms with Crippen LogP contribution in [0.1, 0.15) is 16.8 Å². The molecule has 6 heteroatoms. The molecule has 0 aliphatic heterocycles. The number of halogens is 3. The normalized spacial score (nSPS) is 11.6. The Hall–Kier alpha value is -2.76. The first kappa shape index (κ1) is 15.1. The molecule has 1 aromatic heterocycles. The molecule has 1 N–H and O–H groups in total. The van der Waals surface area contributed by atoms with E-state index in [1.807, 2.05) is 0 Å². The second-order valence-corrected chi connectivity index (χ2v) is 5.14. The maximum Gasteiger partial charge on any atom is 0.434 e. The molecule has 118 valence electrons. The van der Waals surface area contributed by atoms with Crippen molar-refractivity contribution in [1.29, 1.82) is 0 Å². The highest BCUT2D eigenvalue weighted by Crippen LogP contribution is 2.36. The van der Waals surface area contributed by atoms with Crippen molar-refractivity contribution in [2.75, 3.05) is 0 Å². The number of oxazole rings is 1. The first-order valence-corrected chi connectivity index (χ1v) is 6.85. The highest BCUT2D eigenvalue weighted by Gasteiger charge is 2.33. The van der Waals surface area contributed by atoms with Crippen LogP contribution in [0.25, 0.3) is 11.1 Å². The molecule has 2 aliphatic rings. The number of nitrogens with one attached hydrogen (secondary N) is 1. The third-order valence-corrected chi connectivity index (χ3v) is 3.32. The highest BCUT2D eigenvalue weighted by molar-refractivity contribution is 5.82. The van der Waals surface area contributed by atoms with Crippen LogP contribution in [0.2, 0.25) is 0 Å². The average Bonchev–Trinajstić information content (AvgIpc) is 2.90. The van der Waals surface area contributed by atoms with E-state index in [1.54, 1.807) is 0 Å². The van der Waals surface area contributed by atoms with E-state index in [9.17, 15) is 18.0 Å². The monoisotopic (exact) mass is 319 g/mol. The fourth-order valence-corrected chi connectivity index (χ4v) is 2.18. The molecule has 0 atom stereocenters. The lowest BCUT2D eigenvalue weighted by Gasteiger charge is -1.98. The third-order valence-electron chi connectivity index (χ3n) is 3.32. The topological polar surface area (TPSA) is 46.0 Å². The van der Waals surface area contributed by atoms with E-state index >= 15 is 0 Å². The van der Waals surface area contributed by atoms with Gasteiger partial charge in [-0.25, -0.2) is 4.79 Å². The maximum atomic E-state index is 11.6. The Kier molecular flexibility index (Phi) is 3.82. The van der Waals surface area contributed by atoms with E-state index in [2.05, 4.69) is 52.9 Å².